The van der Waals surface area contributed by atoms with Crippen LogP contribution in [0.3, 0.4) is 0 Å². The molecule has 2 atom stereocenters. The Balaban J connectivity index is 1.13. The molecule has 0 aliphatic rings. The van der Waals surface area contributed by atoms with E-state index in [4.69, 9.17) is 5.11 Å². The highest BCUT2D eigenvalue weighted by atomic mass is 32.1. The number of hydrogen-bond donors (Lipinski definition) is 5. The Morgan fingerprint density at radius 2 is 1.48 bits per heavy atom. The van der Waals surface area contributed by atoms with E-state index in [0.717, 1.165) is 29.1 Å². The van der Waals surface area contributed by atoms with Crippen molar-refractivity contribution in [1.29, 1.82) is 0 Å². The van der Waals surface area contributed by atoms with Gasteiger partial charge in [-0.15, -0.1) is 15.3 Å². The lowest BCUT2D eigenvalue weighted by Gasteiger charge is -2.19. The van der Waals surface area contributed by atoms with Gasteiger partial charge in [0, 0.05) is 19.4 Å². The Morgan fingerprint density at radius 1 is 0.783 bits per heavy atom. The van der Waals surface area contributed by atoms with Crippen LogP contribution in [0.4, 0.5) is 24.1 Å². The van der Waals surface area contributed by atoms with Crippen molar-refractivity contribution >= 4 is 34.1 Å². The van der Waals surface area contributed by atoms with Gasteiger partial charge in [-0.3, -0.25) is 14.9 Å². The van der Waals surface area contributed by atoms with Crippen LogP contribution < -0.4 is 16.0 Å². The van der Waals surface area contributed by atoms with Crippen molar-refractivity contribution in [2.45, 2.75) is 70.0 Å². The molecule has 2 unspecified atom stereocenters. The van der Waals surface area contributed by atoms with Crippen LogP contribution in [0.1, 0.15) is 46.7 Å². The fraction of sp³-hybridized carbons (Fsp3) is 0.355. The first-order valence-corrected chi connectivity index (χ1v) is 15.4. The van der Waals surface area contributed by atoms with Gasteiger partial charge < -0.3 is 20.8 Å². The number of carbonyl (C=O) groups excluding carboxylic acids is 2. The molecule has 4 rings (SSSR count). The van der Waals surface area contributed by atoms with E-state index in [-0.39, 0.29) is 31.2 Å². The SMILES string of the molecule is O=C(Cc1ccccc1)Nc1ccc(CCCCc2nnc(NC(=O)Cc3cccc(CNC(O)CC(O)C(F)(F)F)c3)s2)nn1. The number of anilines is 2. The van der Waals surface area contributed by atoms with Gasteiger partial charge in [-0.05, 0) is 48.1 Å². The van der Waals surface area contributed by atoms with Crippen LogP contribution in [0.5, 0.6) is 0 Å². The number of aliphatic hydroxyl groups excluding tert-OH is 2. The number of carbonyl (C=O) groups is 2. The van der Waals surface area contributed by atoms with Crippen molar-refractivity contribution in [3.8, 4) is 0 Å². The molecule has 11 nitrogen and oxygen atoms in total. The number of benzene rings is 2. The molecule has 2 aromatic heterocycles. The van der Waals surface area contributed by atoms with Gasteiger partial charge in [0.1, 0.15) is 11.2 Å². The molecule has 0 aliphatic heterocycles. The molecule has 0 spiro atoms. The van der Waals surface area contributed by atoms with E-state index in [1.165, 1.54) is 11.3 Å². The zero-order chi connectivity index (χ0) is 32.9. The number of alkyl halides is 3. The molecule has 244 valence electrons. The minimum atomic E-state index is -4.81. The Hall–Kier alpha value is -4.31. The Bertz CT molecular complexity index is 1560. The van der Waals surface area contributed by atoms with Gasteiger partial charge in [0.05, 0.1) is 18.5 Å². The van der Waals surface area contributed by atoms with Gasteiger partial charge in [-0.1, -0.05) is 65.9 Å². The van der Waals surface area contributed by atoms with Crippen LogP contribution in [0, 0.1) is 0 Å². The number of nitrogens with one attached hydrogen (secondary N) is 3. The second kappa shape index (κ2) is 16.8. The van der Waals surface area contributed by atoms with Crippen molar-refractivity contribution in [1.82, 2.24) is 25.7 Å². The second-order valence-corrected chi connectivity index (χ2v) is 11.6. The molecule has 0 saturated heterocycles. The van der Waals surface area contributed by atoms with Gasteiger partial charge in [0.2, 0.25) is 16.9 Å². The molecular formula is C31H34F3N7O4S. The Kier molecular flexibility index (Phi) is 12.7. The standard InChI is InChI=1S/C31H34F3N7O4S/c32-31(33,34)24(42)18-26(43)35-19-22-10-6-9-21(15-22)17-28(45)37-30-41-40-29(46-30)12-5-4-11-23-13-14-25(39-38-23)36-27(44)16-20-7-2-1-3-8-20/h1-3,6-10,13-15,24,26,35,42-43H,4-5,11-12,16-19H2,(H,36,39,44)(H,37,41,45). The third kappa shape index (κ3) is 11.9. The molecule has 0 radical (unpaired) electrons. The second-order valence-electron chi connectivity index (χ2n) is 10.6. The number of aromatic nitrogens is 4. The van der Waals surface area contributed by atoms with Crippen LogP contribution in [0.25, 0.3) is 0 Å². The van der Waals surface area contributed by atoms with Crippen LogP contribution in [0.2, 0.25) is 0 Å². The molecule has 2 heterocycles. The van der Waals surface area contributed by atoms with Gasteiger partial charge in [-0.2, -0.15) is 18.3 Å². The number of aliphatic hydroxyl groups is 2. The van der Waals surface area contributed by atoms with E-state index < -0.39 is 24.9 Å². The van der Waals surface area contributed by atoms with E-state index in [9.17, 15) is 27.9 Å². The maximum Gasteiger partial charge on any atom is 0.414 e. The quantitative estimate of drug-likeness (QED) is 0.0887. The maximum atomic E-state index is 12.6. The van der Waals surface area contributed by atoms with Gasteiger partial charge in [-0.25, -0.2) is 0 Å². The number of nitrogens with zero attached hydrogens (tertiary/aromatic N) is 4. The lowest BCUT2D eigenvalue weighted by atomic mass is 10.1. The summed E-state index contributed by atoms with van der Waals surface area (Å²) < 4.78 is 37.4. The third-order valence-corrected chi connectivity index (χ3v) is 7.60. The predicted octanol–water partition coefficient (Wildman–Crippen LogP) is 3.98. The summed E-state index contributed by atoms with van der Waals surface area (Å²) in [4.78, 5) is 24.8. The zero-order valence-corrected chi connectivity index (χ0v) is 25.5. The van der Waals surface area contributed by atoms with Gasteiger partial charge >= 0.3 is 6.18 Å². The smallest absolute Gasteiger partial charge is 0.384 e. The first kappa shape index (κ1) is 34.6. The van der Waals surface area contributed by atoms with Crippen LogP contribution in [-0.4, -0.2) is 60.9 Å². The van der Waals surface area contributed by atoms with Crippen molar-refractivity contribution in [2.24, 2.45) is 0 Å². The first-order chi connectivity index (χ1) is 22.0. The van der Waals surface area contributed by atoms with E-state index in [0.29, 0.717) is 34.9 Å². The highest BCUT2D eigenvalue weighted by molar-refractivity contribution is 7.15. The zero-order valence-electron chi connectivity index (χ0n) is 24.7. The monoisotopic (exact) mass is 657 g/mol. The van der Waals surface area contributed by atoms with E-state index in [2.05, 4.69) is 36.3 Å². The molecule has 4 aromatic rings. The minimum absolute atomic E-state index is 0.0363. The van der Waals surface area contributed by atoms with Gasteiger partial charge in [0.15, 0.2) is 11.9 Å². The molecule has 0 saturated carbocycles. The molecule has 15 heteroatoms. The summed E-state index contributed by atoms with van der Waals surface area (Å²) in [5.41, 5.74) is 3.04. The molecule has 46 heavy (non-hydrogen) atoms. The lowest BCUT2D eigenvalue weighted by molar-refractivity contribution is -0.212. The molecule has 5 N–H and O–H groups in total. The van der Waals surface area contributed by atoms with Crippen molar-refractivity contribution < 1.29 is 33.0 Å². The molecule has 0 fully saturated rings. The number of halogens is 3. The highest BCUT2D eigenvalue weighted by Gasteiger charge is 2.39. The third-order valence-electron chi connectivity index (χ3n) is 6.70. The normalized spacial score (nSPS) is 12.8. The summed E-state index contributed by atoms with van der Waals surface area (Å²) in [5, 5.41) is 44.5. The molecule has 2 amide bonds. The largest absolute Gasteiger partial charge is 0.414 e. The van der Waals surface area contributed by atoms with Crippen LogP contribution >= 0.6 is 11.3 Å². The van der Waals surface area contributed by atoms with Crippen LogP contribution in [0.15, 0.2) is 66.7 Å². The van der Waals surface area contributed by atoms with Crippen molar-refractivity contribution in [3.05, 3.63) is 94.1 Å². The highest BCUT2D eigenvalue weighted by Crippen LogP contribution is 2.23. The Labute approximate surface area is 267 Å². The number of amides is 2. The van der Waals surface area contributed by atoms with E-state index in [1.807, 2.05) is 36.4 Å². The molecule has 0 bridgehead atoms. The topological polar surface area (TPSA) is 162 Å². The first-order valence-electron chi connectivity index (χ1n) is 14.6. The summed E-state index contributed by atoms with van der Waals surface area (Å²) in [7, 11) is 0. The van der Waals surface area contributed by atoms with Gasteiger partial charge in [0.25, 0.3) is 0 Å². The molecule has 2 aromatic carbocycles. The maximum absolute atomic E-state index is 12.6. The fourth-order valence-corrected chi connectivity index (χ4v) is 5.18. The average Bonchev–Trinajstić information content (AvgIpc) is 3.46. The summed E-state index contributed by atoms with van der Waals surface area (Å²) >= 11 is 1.29. The summed E-state index contributed by atoms with van der Waals surface area (Å²) in [5.74, 6) is -0.0667. The number of rotatable bonds is 16. The minimum Gasteiger partial charge on any atom is -0.384 e. The number of hydrogen-bond acceptors (Lipinski definition) is 10. The van der Waals surface area contributed by atoms with Crippen LogP contribution in [-0.2, 0) is 41.8 Å². The van der Waals surface area contributed by atoms with Crippen molar-refractivity contribution in [3.63, 3.8) is 0 Å². The fourth-order valence-electron chi connectivity index (χ4n) is 4.38. The van der Waals surface area contributed by atoms with Crippen molar-refractivity contribution in [2.75, 3.05) is 10.6 Å². The van der Waals surface area contributed by atoms with E-state index in [1.54, 1.807) is 30.3 Å². The number of unbranched alkanes of at least 4 members (excludes halogenated alkanes) is 1. The van der Waals surface area contributed by atoms with E-state index >= 15 is 0 Å². The summed E-state index contributed by atoms with van der Waals surface area (Å²) in [6, 6.07) is 19.8. The Morgan fingerprint density at radius 3 is 2.22 bits per heavy atom. The average molecular weight is 658 g/mol. The molecule has 0 aliphatic carbocycles. The number of aryl methyl sites for hydroxylation is 2. The molecular weight excluding hydrogens is 623 g/mol. The summed E-state index contributed by atoms with van der Waals surface area (Å²) in [6.45, 7) is 0.0479. The predicted molar refractivity (Wildman–Crippen MR) is 166 cm³/mol. The summed E-state index contributed by atoms with van der Waals surface area (Å²) in [6.07, 6.45) is -6.55. The lowest BCUT2D eigenvalue weighted by Crippen LogP contribution is -2.38.